The van der Waals surface area contributed by atoms with Crippen LogP contribution in [0.25, 0.3) is 11.4 Å². The minimum atomic E-state index is -0.312. The Hall–Kier alpha value is -3.80. The van der Waals surface area contributed by atoms with E-state index in [1.165, 1.54) is 0 Å². The van der Waals surface area contributed by atoms with Crippen molar-refractivity contribution in [2.45, 2.75) is 20.8 Å². The normalized spacial score (nSPS) is 10.9. The van der Waals surface area contributed by atoms with Gasteiger partial charge in [-0.1, -0.05) is 18.2 Å². The predicted molar refractivity (Wildman–Crippen MR) is 119 cm³/mol. The summed E-state index contributed by atoms with van der Waals surface area (Å²) in [6.07, 6.45) is 0. The van der Waals surface area contributed by atoms with Crippen LogP contribution >= 0.6 is 0 Å². The minimum absolute atomic E-state index is 0.259. The zero-order valence-corrected chi connectivity index (χ0v) is 17.5. The van der Waals surface area contributed by atoms with Gasteiger partial charge in [0.25, 0.3) is 11.5 Å². The SMILES string of the molecule is Cc1ccc(C)n1-c1ccc(C(=O)Nc2c(C)n(C)n(-c3ccccc3)c2=O)cc1. The molecule has 0 unspecified atom stereocenters. The summed E-state index contributed by atoms with van der Waals surface area (Å²) < 4.78 is 5.42. The van der Waals surface area contributed by atoms with Gasteiger partial charge in [0, 0.05) is 29.7 Å². The lowest BCUT2D eigenvalue weighted by molar-refractivity contribution is 0.102. The van der Waals surface area contributed by atoms with E-state index in [4.69, 9.17) is 0 Å². The van der Waals surface area contributed by atoms with Crippen molar-refractivity contribution in [3.05, 3.63) is 99.7 Å². The summed E-state index contributed by atoms with van der Waals surface area (Å²) in [5.41, 5.74) is 5.21. The van der Waals surface area contributed by atoms with E-state index >= 15 is 0 Å². The molecular weight excluding hydrogens is 376 g/mol. The molecule has 6 heteroatoms. The molecule has 0 bridgehead atoms. The van der Waals surface area contributed by atoms with Crippen LogP contribution in [-0.4, -0.2) is 19.8 Å². The third-order valence-corrected chi connectivity index (χ3v) is 5.45. The zero-order chi connectivity index (χ0) is 21.4. The fourth-order valence-corrected chi connectivity index (χ4v) is 3.74. The van der Waals surface area contributed by atoms with Crippen LogP contribution in [0.2, 0.25) is 0 Å². The zero-order valence-electron chi connectivity index (χ0n) is 17.5. The van der Waals surface area contributed by atoms with E-state index < -0.39 is 0 Å². The van der Waals surface area contributed by atoms with Crippen LogP contribution in [0.5, 0.6) is 0 Å². The van der Waals surface area contributed by atoms with Gasteiger partial charge in [0.05, 0.1) is 11.4 Å². The Bertz CT molecular complexity index is 1260. The highest BCUT2D eigenvalue weighted by molar-refractivity contribution is 6.04. The number of hydrogen-bond acceptors (Lipinski definition) is 2. The fraction of sp³-hybridized carbons (Fsp3) is 0.167. The molecule has 0 saturated carbocycles. The van der Waals surface area contributed by atoms with E-state index in [1.807, 2.05) is 63.2 Å². The van der Waals surface area contributed by atoms with Crippen LogP contribution in [0.1, 0.15) is 27.4 Å². The Morgan fingerprint density at radius 3 is 2.00 bits per heavy atom. The van der Waals surface area contributed by atoms with Crippen molar-refractivity contribution in [1.82, 2.24) is 13.9 Å². The lowest BCUT2D eigenvalue weighted by Crippen LogP contribution is -2.23. The van der Waals surface area contributed by atoms with Gasteiger partial charge in [-0.05, 0) is 69.3 Å². The van der Waals surface area contributed by atoms with Crippen molar-refractivity contribution in [2.24, 2.45) is 7.05 Å². The van der Waals surface area contributed by atoms with Crippen LogP contribution in [0.3, 0.4) is 0 Å². The standard InChI is InChI=1S/C24H24N4O2/c1-16-10-11-17(2)27(16)20-14-12-19(13-15-20)23(29)25-22-18(3)26(4)28(24(22)30)21-8-6-5-7-9-21/h5-15H,1-4H3,(H,25,29). The van der Waals surface area contributed by atoms with Crippen molar-refractivity contribution in [3.8, 4) is 11.4 Å². The van der Waals surface area contributed by atoms with Gasteiger partial charge in [0.1, 0.15) is 5.69 Å². The molecule has 0 fully saturated rings. The quantitative estimate of drug-likeness (QED) is 0.560. The van der Waals surface area contributed by atoms with Gasteiger partial charge in [0.2, 0.25) is 0 Å². The van der Waals surface area contributed by atoms with Crippen molar-refractivity contribution >= 4 is 11.6 Å². The Labute approximate surface area is 175 Å². The Morgan fingerprint density at radius 2 is 1.40 bits per heavy atom. The molecule has 0 aliphatic carbocycles. The first kappa shape index (κ1) is 19.5. The molecule has 0 saturated heterocycles. The van der Waals surface area contributed by atoms with Crippen molar-refractivity contribution in [1.29, 1.82) is 0 Å². The van der Waals surface area contributed by atoms with Gasteiger partial charge in [-0.3, -0.25) is 14.3 Å². The van der Waals surface area contributed by atoms with Crippen LogP contribution in [0.4, 0.5) is 5.69 Å². The molecular formula is C24H24N4O2. The lowest BCUT2D eigenvalue weighted by Gasteiger charge is -2.10. The molecule has 0 aliphatic heterocycles. The highest BCUT2D eigenvalue weighted by Crippen LogP contribution is 2.18. The Morgan fingerprint density at radius 1 is 0.800 bits per heavy atom. The molecule has 2 heterocycles. The first-order valence-corrected chi connectivity index (χ1v) is 9.79. The van der Waals surface area contributed by atoms with E-state index in [0.29, 0.717) is 11.3 Å². The smallest absolute Gasteiger partial charge is 0.295 e. The maximum atomic E-state index is 13.0. The summed E-state index contributed by atoms with van der Waals surface area (Å²) in [6.45, 7) is 5.91. The van der Waals surface area contributed by atoms with Crippen LogP contribution in [0, 0.1) is 20.8 Å². The number of hydrogen-bond donors (Lipinski definition) is 1. The third-order valence-electron chi connectivity index (χ3n) is 5.45. The Balaban J connectivity index is 1.63. The highest BCUT2D eigenvalue weighted by Gasteiger charge is 2.19. The first-order valence-electron chi connectivity index (χ1n) is 9.79. The molecule has 30 heavy (non-hydrogen) atoms. The van der Waals surface area contributed by atoms with Crippen molar-refractivity contribution in [2.75, 3.05) is 5.32 Å². The number of aromatic nitrogens is 3. The van der Waals surface area contributed by atoms with E-state index in [9.17, 15) is 9.59 Å². The largest absolute Gasteiger partial charge is 0.319 e. The topological polar surface area (TPSA) is 61.0 Å². The number of amides is 1. The lowest BCUT2D eigenvalue weighted by atomic mass is 10.2. The molecule has 0 radical (unpaired) electrons. The van der Waals surface area contributed by atoms with Crippen molar-refractivity contribution < 1.29 is 4.79 Å². The number of aryl methyl sites for hydroxylation is 2. The second-order valence-electron chi connectivity index (χ2n) is 7.39. The summed E-state index contributed by atoms with van der Waals surface area (Å²) in [7, 11) is 1.80. The van der Waals surface area contributed by atoms with Crippen LogP contribution in [0.15, 0.2) is 71.5 Å². The number of nitrogens with zero attached hydrogens (tertiary/aromatic N) is 3. The predicted octanol–water partition coefficient (Wildman–Crippen LogP) is 4.14. The number of benzene rings is 2. The number of nitrogens with one attached hydrogen (secondary N) is 1. The number of rotatable bonds is 4. The molecule has 1 amide bonds. The van der Waals surface area contributed by atoms with Gasteiger partial charge in [0.15, 0.2) is 0 Å². The van der Waals surface area contributed by atoms with Crippen LogP contribution in [-0.2, 0) is 7.05 Å². The summed E-state index contributed by atoms with van der Waals surface area (Å²) in [5.74, 6) is -0.312. The average Bonchev–Trinajstić information content (AvgIpc) is 3.19. The molecule has 4 aromatic rings. The molecule has 4 rings (SSSR count). The third kappa shape index (κ3) is 3.26. The van der Waals surface area contributed by atoms with Crippen molar-refractivity contribution in [3.63, 3.8) is 0 Å². The van der Waals surface area contributed by atoms with E-state index in [0.717, 1.165) is 22.8 Å². The van der Waals surface area contributed by atoms with Gasteiger partial charge in [-0.25, -0.2) is 4.68 Å². The molecule has 0 aliphatic rings. The number of anilines is 1. The molecule has 0 atom stereocenters. The second kappa shape index (κ2) is 7.55. The second-order valence-corrected chi connectivity index (χ2v) is 7.39. The summed E-state index contributed by atoms with van der Waals surface area (Å²) in [5, 5.41) is 2.80. The molecule has 1 N–H and O–H groups in total. The maximum Gasteiger partial charge on any atom is 0.295 e. The fourth-order valence-electron chi connectivity index (χ4n) is 3.74. The maximum absolute atomic E-state index is 13.0. The molecule has 2 aromatic heterocycles. The number of carbonyl (C=O) groups is 1. The monoisotopic (exact) mass is 400 g/mol. The molecule has 152 valence electrons. The molecule has 0 spiro atoms. The van der Waals surface area contributed by atoms with E-state index in [1.54, 1.807) is 28.5 Å². The average molecular weight is 400 g/mol. The summed E-state index contributed by atoms with van der Waals surface area (Å²) >= 11 is 0. The van der Waals surface area contributed by atoms with Gasteiger partial charge in [-0.15, -0.1) is 0 Å². The highest BCUT2D eigenvalue weighted by atomic mass is 16.2. The van der Waals surface area contributed by atoms with Gasteiger partial charge in [-0.2, -0.15) is 0 Å². The molecule has 6 nitrogen and oxygen atoms in total. The number of carbonyl (C=O) groups excluding carboxylic acids is 1. The minimum Gasteiger partial charge on any atom is -0.319 e. The molecule has 2 aromatic carbocycles. The van der Waals surface area contributed by atoms with E-state index in [2.05, 4.69) is 22.0 Å². The summed E-state index contributed by atoms with van der Waals surface area (Å²) in [4.78, 5) is 25.8. The first-order chi connectivity index (χ1) is 14.4. The van der Waals surface area contributed by atoms with Gasteiger partial charge >= 0.3 is 0 Å². The van der Waals surface area contributed by atoms with Gasteiger partial charge < -0.3 is 9.88 Å². The van der Waals surface area contributed by atoms with E-state index in [-0.39, 0.29) is 17.2 Å². The summed E-state index contributed by atoms with van der Waals surface area (Å²) in [6, 6.07) is 20.9. The van der Waals surface area contributed by atoms with Crippen LogP contribution < -0.4 is 10.9 Å². The number of para-hydroxylation sites is 1. The Kier molecular flexibility index (Phi) is 4.91.